The van der Waals surface area contributed by atoms with Crippen molar-refractivity contribution in [1.82, 2.24) is 0 Å². The van der Waals surface area contributed by atoms with Gasteiger partial charge in [-0.1, -0.05) is 36.4 Å². The quantitative estimate of drug-likeness (QED) is 0.224. The van der Waals surface area contributed by atoms with Crippen LogP contribution in [0.3, 0.4) is 0 Å². The number of benzene rings is 3. The maximum atomic E-state index is 2.33. The third-order valence-corrected chi connectivity index (χ3v) is 7.99. The summed E-state index contributed by atoms with van der Waals surface area (Å²) in [6, 6.07) is 33.1. The van der Waals surface area contributed by atoms with Crippen molar-refractivity contribution < 1.29 is 0 Å². The molecule has 6 aromatic rings. The Morgan fingerprint density at radius 2 is 0.618 bits per heavy atom. The van der Waals surface area contributed by atoms with Gasteiger partial charge in [0, 0.05) is 17.1 Å². The van der Waals surface area contributed by atoms with Gasteiger partial charge in [0.1, 0.15) is 0 Å². The van der Waals surface area contributed by atoms with Crippen LogP contribution in [0.1, 0.15) is 0 Å². The van der Waals surface area contributed by atoms with Crippen LogP contribution in [-0.2, 0) is 0 Å². The van der Waals surface area contributed by atoms with E-state index in [1.54, 1.807) is 34.0 Å². The van der Waals surface area contributed by atoms with Crippen LogP contribution < -0.4 is 4.90 Å². The van der Waals surface area contributed by atoms with Crippen molar-refractivity contribution in [2.24, 2.45) is 0 Å². The van der Waals surface area contributed by atoms with Crippen LogP contribution in [0.15, 0.2) is 123 Å². The monoisotopic (exact) mass is 491 g/mol. The molecule has 3 aromatic heterocycles. The molecule has 0 aliphatic heterocycles. The van der Waals surface area contributed by atoms with Crippen molar-refractivity contribution in [2.75, 3.05) is 4.90 Å². The number of anilines is 3. The van der Waals surface area contributed by atoms with Crippen LogP contribution in [0, 0.1) is 0 Å². The van der Waals surface area contributed by atoms with Crippen molar-refractivity contribution in [1.29, 1.82) is 0 Å². The summed E-state index contributed by atoms with van der Waals surface area (Å²) >= 11 is 5.19. The first-order chi connectivity index (χ1) is 16.8. The fraction of sp³-hybridized carbons (Fsp3) is 0. The number of hydrogen-bond acceptors (Lipinski definition) is 4. The highest BCUT2D eigenvalue weighted by atomic mass is 32.1. The van der Waals surface area contributed by atoms with Gasteiger partial charge in [0.25, 0.3) is 0 Å². The molecule has 164 valence electrons. The lowest BCUT2D eigenvalue weighted by Crippen LogP contribution is -2.09. The van der Waals surface area contributed by atoms with Gasteiger partial charge in [0.05, 0.1) is 0 Å². The van der Waals surface area contributed by atoms with Crippen molar-refractivity contribution >= 4 is 51.1 Å². The second kappa shape index (κ2) is 9.43. The molecular formula is C30H21NS3. The summed E-state index contributed by atoms with van der Waals surface area (Å²) in [6.07, 6.45) is 0. The molecule has 0 radical (unpaired) electrons. The maximum Gasteiger partial charge on any atom is 0.0462 e. The number of rotatable bonds is 6. The molecule has 0 bridgehead atoms. The molecule has 0 aliphatic carbocycles. The Morgan fingerprint density at radius 1 is 0.324 bits per heavy atom. The molecule has 0 saturated carbocycles. The van der Waals surface area contributed by atoms with Crippen LogP contribution in [0.4, 0.5) is 17.1 Å². The lowest BCUT2D eigenvalue weighted by atomic mass is 10.1. The highest BCUT2D eigenvalue weighted by Crippen LogP contribution is 2.38. The number of hydrogen-bond donors (Lipinski definition) is 0. The molecular weight excluding hydrogens is 471 g/mol. The Balaban J connectivity index is 1.39. The van der Waals surface area contributed by atoms with E-state index in [-0.39, 0.29) is 0 Å². The standard InChI is InChI=1S/C30H21NS3/c1-7-28(8-2-22(1)25-13-16-32-19-25)31(29-9-3-23(4-10-29)26-14-17-33-20-26)30-11-5-24(6-12-30)27-15-18-34-21-27/h1-21H. The molecule has 0 amide bonds. The van der Waals surface area contributed by atoms with E-state index < -0.39 is 0 Å². The van der Waals surface area contributed by atoms with Gasteiger partial charge < -0.3 is 4.90 Å². The van der Waals surface area contributed by atoms with Gasteiger partial charge in [-0.25, -0.2) is 0 Å². The van der Waals surface area contributed by atoms with Crippen LogP contribution in [-0.4, -0.2) is 0 Å². The Hall–Kier alpha value is -3.44. The van der Waals surface area contributed by atoms with Gasteiger partial charge in [0.2, 0.25) is 0 Å². The van der Waals surface area contributed by atoms with Gasteiger partial charge in [-0.3, -0.25) is 0 Å². The Labute approximate surface area is 211 Å². The third kappa shape index (κ3) is 4.24. The molecule has 0 unspecified atom stereocenters. The van der Waals surface area contributed by atoms with Crippen molar-refractivity contribution in [2.45, 2.75) is 0 Å². The molecule has 3 heterocycles. The predicted molar refractivity (Wildman–Crippen MR) is 151 cm³/mol. The van der Waals surface area contributed by atoms with Gasteiger partial charge in [0.15, 0.2) is 0 Å². The first-order valence-corrected chi connectivity index (χ1v) is 13.9. The van der Waals surface area contributed by atoms with E-state index in [9.17, 15) is 0 Å². The maximum absolute atomic E-state index is 2.33. The summed E-state index contributed by atoms with van der Waals surface area (Å²) in [5, 5.41) is 13.0. The summed E-state index contributed by atoms with van der Waals surface area (Å²) in [5.74, 6) is 0. The van der Waals surface area contributed by atoms with E-state index in [0.29, 0.717) is 0 Å². The third-order valence-electron chi connectivity index (χ3n) is 5.94. The van der Waals surface area contributed by atoms with Gasteiger partial charge in [-0.15, -0.1) is 0 Å². The normalized spacial score (nSPS) is 10.9. The van der Waals surface area contributed by atoms with E-state index in [0.717, 1.165) is 17.1 Å². The average Bonchev–Trinajstić information content (AvgIpc) is 3.69. The van der Waals surface area contributed by atoms with E-state index in [1.807, 2.05) is 0 Å². The second-order valence-corrected chi connectivity index (χ2v) is 10.4. The van der Waals surface area contributed by atoms with E-state index >= 15 is 0 Å². The molecule has 1 nitrogen and oxygen atoms in total. The summed E-state index contributed by atoms with van der Waals surface area (Å²) in [5.41, 5.74) is 11.0. The van der Waals surface area contributed by atoms with Crippen LogP contribution in [0.5, 0.6) is 0 Å². The largest absolute Gasteiger partial charge is 0.311 e. The summed E-state index contributed by atoms with van der Waals surface area (Å²) < 4.78 is 0. The Morgan fingerprint density at radius 3 is 0.853 bits per heavy atom. The smallest absolute Gasteiger partial charge is 0.0462 e. The minimum atomic E-state index is 1.14. The number of thiophene rings is 3. The fourth-order valence-electron chi connectivity index (χ4n) is 4.14. The highest BCUT2D eigenvalue weighted by Gasteiger charge is 2.14. The first-order valence-electron chi connectivity index (χ1n) is 11.0. The minimum absolute atomic E-state index is 1.14. The topological polar surface area (TPSA) is 3.24 Å². The van der Waals surface area contributed by atoms with Crippen LogP contribution in [0.2, 0.25) is 0 Å². The highest BCUT2D eigenvalue weighted by molar-refractivity contribution is 7.08. The van der Waals surface area contributed by atoms with Crippen LogP contribution >= 0.6 is 34.0 Å². The van der Waals surface area contributed by atoms with Gasteiger partial charge in [-0.2, -0.15) is 34.0 Å². The second-order valence-electron chi connectivity index (χ2n) is 8.01. The van der Waals surface area contributed by atoms with Gasteiger partial charge in [-0.05, 0) is 120 Å². The lowest BCUT2D eigenvalue weighted by Gasteiger charge is -2.26. The number of nitrogens with zero attached hydrogens (tertiary/aromatic N) is 1. The zero-order valence-corrected chi connectivity index (χ0v) is 20.7. The fourth-order valence-corrected chi connectivity index (χ4v) is 6.14. The van der Waals surface area contributed by atoms with Crippen molar-refractivity contribution in [3.05, 3.63) is 123 Å². The SMILES string of the molecule is c1cc(-c2ccc(N(c3ccc(-c4ccsc4)cc3)c3ccc(-c4ccsc4)cc3)cc2)cs1. The van der Waals surface area contributed by atoms with Crippen molar-refractivity contribution in [3.63, 3.8) is 0 Å². The van der Waals surface area contributed by atoms with Crippen LogP contribution in [0.25, 0.3) is 33.4 Å². The summed E-state index contributed by atoms with van der Waals surface area (Å²) in [4.78, 5) is 2.33. The molecule has 0 spiro atoms. The molecule has 34 heavy (non-hydrogen) atoms. The predicted octanol–water partition coefficient (Wildman–Crippen LogP) is 10.3. The average molecular weight is 492 g/mol. The van der Waals surface area contributed by atoms with E-state index in [1.165, 1.54) is 33.4 Å². The van der Waals surface area contributed by atoms with E-state index in [4.69, 9.17) is 0 Å². The first kappa shape index (κ1) is 21.1. The summed E-state index contributed by atoms with van der Waals surface area (Å²) in [6.45, 7) is 0. The Kier molecular flexibility index (Phi) is 5.86. The van der Waals surface area contributed by atoms with Gasteiger partial charge >= 0.3 is 0 Å². The van der Waals surface area contributed by atoms with Crippen molar-refractivity contribution in [3.8, 4) is 33.4 Å². The Bertz CT molecular complexity index is 1260. The molecule has 4 heteroatoms. The molecule has 0 saturated heterocycles. The zero-order chi connectivity index (χ0) is 22.7. The molecule has 3 aromatic carbocycles. The van der Waals surface area contributed by atoms with E-state index in [2.05, 4.69) is 128 Å². The lowest BCUT2D eigenvalue weighted by molar-refractivity contribution is 1.28. The zero-order valence-electron chi connectivity index (χ0n) is 18.3. The molecule has 6 rings (SSSR count). The molecule has 0 fully saturated rings. The summed E-state index contributed by atoms with van der Waals surface area (Å²) in [7, 11) is 0. The minimum Gasteiger partial charge on any atom is -0.311 e. The molecule has 0 N–H and O–H groups in total. The molecule has 0 atom stereocenters. The molecule has 0 aliphatic rings.